The van der Waals surface area contributed by atoms with Gasteiger partial charge in [0.05, 0.1) is 11.0 Å². The second-order valence-corrected chi connectivity index (χ2v) is 5.97. The van der Waals surface area contributed by atoms with Crippen LogP contribution in [0.5, 0.6) is 11.5 Å². The Bertz CT molecular complexity index is 615. The monoisotopic (exact) mass is 305 g/mol. The molecule has 22 heavy (non-hydrogen) atoms. The van der Waals surface area contributed by atoms with E-state index >= 15 is 0 Å². The number of carboxylic acids is 1. The fourth-order valence-corrected chi connectivity index (χ4v) is 3.14. The van der Waals surface area contributed by atoms with Gasteiger partial charge in [0.1, 0.15) is 13.2 Å². The van der Waals surface area contributed by atoms with Gasteiger partial charge in [-0.1, -0.05) is 12.5 Å². The van der Waals surface area contributed by atoms with Crippen molar-refractivity contribution < 1.29 is 24.2 Å². The summed E-state index contributed by atoms with van der Waals surface area (Å²) in [4.78, 5) is 24.0. The molecule has 118 valence electrons. The number of aliphatic carboxylic acids is 1. The van der Waals surface area contributed by atoms with Crippen LogP contribution < -0.4 is 14.8 Å². The molecule has 1 aliphatic heterocycles. The van der Waals surface area contributed by atoms with Crippen molar-refractivity contribution in [2.45, 2.75) is 32.2 Å². The topological polar surface area (TPSA) is 84.9 Å². The molecule has 0 aromatic heterocycles. The van der Waals surface area contributed by atoms with Gasteiger partial charge in [0, 0.05) is 6.04 Å². The molecule has 0 spiro atoms. The summed E-state index contributed by atoms with van der Waals surface area (Å²) in [6.45, 7) is 2.54. The molecule has 0 bridgehead atoms. The summed E-state index contributed by atoms with van der Waals surface area (Å²) in [5.41, 5.74) is -0.529. The number of amides is 1. The maximum absolute atomic E-state index is 12.5. The molecule has 6 heteroatoms. The van der Waals surface area contributed by atoms with Crippen LogP contribution in [-0.4, -0.2) is 36.2 Å². The highest BCUT2D eigenvalue weighted by atomic mass is 16.6. The van der Waals surface area contributed by atoms with E-state index in [0.717, 1.165) is 6.42 Å². The minimum Gasteiger partial charge on any atom is -0.486 e. The van der Waals surface area contributed by atoms with Crippen LogP contribution in [0.2, 0.25) is 0 Å². The van der Waals surface area contributed by atoms with Gasteiger partial charge < -0.3 is 19.9 Å². The van der Waals surface area contributed by atoms with Gasteiger partial charge in [-0.3, -0.25) is 9.59 Å². The largest absolute Gasteiger partial charge is 0.486 e. The second kappa shape index (κ2) is 5.51. The molecule has 3 rings (SSSR count). The molecule has 1 aliphatic carbocycles. The Morgan fingerprint density at radius 3 is 2.86 bits per heavy atom. The van der Waals surface area contributed by atoms with Gasteiger partial charge in [0.2, 0.25) is 0 Å². The normalized spacial score (nSPS) is 26.5. The lowest BCUT2D eigenvalue weighted by atomic mass is 9.85. The van der Waals surface area contributed by atoms with Gasteiger partial charge >= 0.3 is 5.97 Å². The van der Waals surface area contributed by atoms with E-state index in [0.29, 0.717) is 43.1 Å². The van der Waals surface area contributed by atoms with Crippen LogP contribution in [0.3, 0.4) is 0 Å². The predicted octanol–water partition coefficient (Wildman–Crippen LogP) is 1.83. The highest BCUT2D eigenvalue weighted by molar-refractivity contribution is 5.98. The SMILES string of the molecule is CC1(C(=O)O)CCCC1NC(=O)c1cccc2c1OCCO2. The van der Waals surface area contributed by atoms with Crippen molar-refractivity contribution in [3.63, 3.8) is 0 Å². The maximum atomic E-state index is 12.5. The van der Waals surface area contributed by atoms with Gasteiger partial charge in [0.15, 0.2) is 11.5 Å². The number of hydrogen-bond donors (Lipinski definition) is 2. The van der Waals surface area contributed by atoms with E-state index in [2.05, 4.69) is 5.32 Å². The van der Waals surface area contributed by atoms with Crippen LogP contribution in [0.15, 0.2) is 18.2 Å². The minimum atomic E-state index is -0.915. The van der Waals surface area contributed by atoms with Crippen LogP contribution in [0.4, 0.5) is 0 Å². The average Bonchev–Trinajstić information content (AvgIpc) is 2.89. The Balaban J connectivity index is 1.82. The quantitative estimate of drug-likeness (QED) is 0.890. The Morgan fingerprint density at radius 1 is 1.32 bits per heavy atom. The molecule has 2 aliphatic rings. The van der Waals surface area contributed by atoms with Crippen molar-refractivity contribution in [3.8, 4) is 11.5 Å². The Hall–Kier alpha value is -2.24. The molecule has 1 saturated carbocycles. The zero-order valence-corrected chi connectivity index (χ0v) is 12.4. The lowest BCUT2D eigenvalue weighted by Crippen LogP contribution is -2.47. The molecular formula is C16H19NO5. The number of carbonyl (C=O) groups is 2. The summed E-state index contributed by atoms with van der Waals surface area (Å²) < 4.78 is 11.0. The Morgan fingerprint density at radius 2 is 2.09 bits per heavy atom. The molecule has 1 aromatic rings. The molecule has 1 heterocycles. The molecule has 0 radical (unpaired) electrons. The molecular weight excluding hydrogens is 286 g/mol. The van der Waals surface area contributed by atoms with Crippen molar-refractivity contribution in [2.75, 3.05) is 13.2 Å². The fraction of sp³-hybridized carbons (Fsp3) is 0.500. The Kier molecular flexibility index (Phi) is 3.68. The molecule has 2 unspecified atom stereocenters. The number of carboxylic acid groups (broad SMARTS) is 1. The van der Waals surface area contributed by atoms with Gasteiger partial charge in [0.25, 0.3) is 5.91 Å². The van der Waals surface area contributed by atoms with Crippen molar-refractivity contribution in [1.82, 2.24) is 5.32 Å². The molecule has 1 fully saturated rings. The lowest BCUT2D eigenvalue weighted by Gasteiger charge is -2.28. The van der Waals surface area contributed by atoms with Gasteiger partial charge in [-0.15, -0.1) is 0 Å². The van der Waals surface area contributed by atoms with Gasteiger partial charge in [-0.2, -0.15) is 0 Å². The number of fused-ring (bicyclic) bond motifs is 1. The van der Waals surface area contributed by atoms with Crippen LogP contribution in [0.1, 0.15) is 36.5 Å². The van der Waals surface area contributed by atoms with E-state index in [1.54, 1.807) is 25.1 Å². The molecule has 6 nitrogen and oxygen atoms in total. The number of rotatable bonds is 3. The van der Waals surface area contributed by atoms with E-state index < -0.39 is 11.4 Å². The van der Waals surface area contributed by atoms with Crippen LogP contribution in [0.25, 0.3) is 0 Å². The van der Waals surface area contributed by atoms with Crippen molar-refractivity contribution in [3.05, 3.63) is 23.8 Å². The maximum Gasteiger partial charge on any atom is 0.311 e. The third-order valence-corrected chi connectivity index (χ3v) is 4.56. The molecule has 2 N–H and O–H groups in total. The number of carbonyl (C=O) groups excluding carboxylic acids is 1. The summed E-state index contributed by atoms with van der Waals surface area (Å²) in [6.07, 6.45) is 2.03. The summed E-state index contributed by atoms with van der Waals surface area (Å²) in [7, 11) is 0. The Labute approximate surface area is 128 Å². The minimum absolute atomic E-state index is 0.318. The number of hydrogen-bond acceptors (Lipinski definition) is 4. The van der Waals surface area contributed by atoms with Crippen LogP contribution in [-0.2, 0) is 4.79 Å². The molecule has 0 saturated heterocycles. The predicted molar refractivity (Wildman–Crippen MR) is 78.3 cm³/mol. The van der Waals surface area contributed by atoms with Crippen molar-refractivity contribution >= 4 is 11.9 Å². The number of nitrogens with one attached hydrogen (secondary N) is 1. The van der Waals surface area contributed by atoms with Gasteiger partial charge in [-0.25, -0.2) is 0 Å². The second-order valence-electron chi connectivity index (χ2n) is 5.97. The third-order valence-electron chi connectivity index (χ3n) is 4.56. The third kappa shape index (κ3) is 2.38. The standard InChI is InChI=1S/C16H19NO5/c1-16(15(19)20)7-3-6-12(16)17-14(18)10-4-2-5-11-13(10)22-9-8-21-11/h2,4-5,12H,3,6-9H2,1H3,(H,17,18)(H,19,20). The highest BCUT2D eigenvalue weighted by Crippen LogP contribution is 2.39. The van der Waals surface area contributed by atoms with E-state index in [1.807, 2.05) is 0 Å². The van der Waals surface area contributed by atoms with Crippen LogP contribution in [0, 0.1) is 5.41 Å². The lowest BCUT2D eigenvalue weighted by molar-refractivity contribution is -0.148. The van der Waals surface area contributed by atoms with Crippen molar-refractivity contribution in [1.29, 1.82) is 0 Å². The molecule has 1 amide bonds. The van der Waals surface area contributed by atoms with E-state index in [9.17, 15) is 14.7 Å². The van der Waals surface area contributed by atoms with E-state index in [4.69, 9.17) is 9.47 Å². The smallest absolute Gasteiger partial charge is 0.311 e. The number of para-hydroxylation sites is 1. The summed E-state index contributed by atoms with van der Waals surface area (Å²) in [5.74, 6) is -0.209. The van der Waals surface area contributed by atoms with Crippen molar-refractivity contribution in [2.24, 2.45) is 5.41 Å². The highest BCUT2D eigenvalue weighted by Gasteiger charge is 2.46. The average molecular weight is 305 g/mol. The summed E-state index contributed by atoms with van der Waals surface area (Å²) >= 11 is 0. The first-order valence-electron chi connectivity index (χ1n) is 7.45. The van der Waals surface area contributed by atoms with Crippen LogP contribution >= 0.6 is 0 Å². The zero-order valence-electron chi connectivity index (χ0n) is 12.4. The summed E-state index contributed by atoms with van der Waals surface area (Å²) in [6, 6.07) is 4.77. The van der Waals surface area contributed by atoms with E-state index in [-0.39, 0.29) is 11.9 Å². The first kappa shape index (κ1) is 14.7. The first-order chi connectivity index (χ1) is 10.5. The number of ether oxygens (including phenoxy) is 2. The fourth-order valence-electron chi connectivity index (χ4n) is 3.14. The summed E-state index contributed by atoms with van der Waals surface area (Å²) in [5, 5.41) is 12.3. The zero-order chi connectivity index (χ0) is 15.7. The first-order valence-corrected chi connectivity index (χ1v) is 7.45. The van der Waals surface area contributed by atoms with E-state index in [1.165, 1.54) is 0 Å². The number of benzene rings is 1. The molecule has 1 aromatic carbocycles. The molecule has 2 atom stereocenters. The van der Waals surface area contributed by atoms with Gasteiger partial charge in [-0.05, 0) is 31.9 Å².